The molecule has 1 saturated heterocycles. The number of carbonyl (C=O) groups excluding carboxylic acids is 2. The van der Waals surface area contributed by atoms with Gasteiger partial charge in [0.05, 0.1) is 12.8 Å². The second-order valence-electron chi connectivity index (χ2n) is 9.09. The highest BCUT2D eigenvalue weighted by molar-refractivity contribution is 5.91. The van der Waals surface area contributed by atoms with Crippen LogP contribution in [0.2, 0.25) is 0 Å². The molecular formula is C27H30N4O2. The van der Waals surface area contributed by atoms with Gasteiger partial charge in [0.1, 0.15) is 0 Å². The summed E-state index contributed by atoms with van der Waals surface area (Å²) in [6, 6.07) is 12.3. The van der Waals surface area contributed by atoms with Crippen LogP contribution in [0.3, 0.4) is 0 Å². The van der Waals surface area contributed by atoms with E-state index in [0.29, 0.717) is 39.0 Å². The van der Waals surface area contributed by atoms with Crippen molar-refractivity contribution in [3.05, 3.63) is 71.0 Å². The van der Waals surface area contributed by atoms with E-state index in [0.717, 1.165) is 39.4 Å². The lowest BCUT2D eigenvalue weighted by atomic mass is 10.1. The van der Waals surface area contributed by atoms with Gasteiger partial charge in [-0.2, -0.15) is 0 Å². The Balaban J connectivity index is 1.22. The molecule has 33 heavy (non-hydrogen) atoms. The van der Waals surface area contributed by atoms with Crippen LogP contribution in [0.15, 0.2) is 48.8 Å². The molecule has 0 bridgehead atoms. The van der Waals surface area contributed by atoms with Gasteiger partial charge >= 0.3 is 0 Å². The number of aryl methyl sites for hydroxylation is 2. The van der Waals surface area contributed by atoms with E-state index in [4.69, 9.17) is 0 Å². The first-order valence-electron chi connectivity index (χ1n) is 11.7. The quantitative estimate of drug-likeness (QED) is 0.499. The minimum Gasteiger partial charge on any atom is -0.361 e. The van der Waals surface area contributed by atoms with Crippen molar-refractivity contribution in [3.63, 3.8) is 0 Å². The molecule has 1 fully saturated rings. The van der Waals surface area contributed by atoms with Crippen molar-refractivity contribution in [2.75, 3.05) is 26.2 Å². The van der Waals surface area contributed by atoms with Gasteiger partial charge in [-0.05, 0) is 42.5 Å². The number of benzene rings is 2. The first kappa shape index (κ1) is 21.3. The van der Waals surface area contributed by atoms with Crippen molar-refractivity contribution < 1.29 is 9.59 Å². The van der Waals surface area contributed by atoms with Gasteiger partial charge in [0, 0.05) is 60.4 Å². The van der Waals surface area contributed by atoms with Gasteiger partial charge in [-0.1, -0.05) is 36.4 Å². The van der Waals surface area contributed by atoms with Crippen LogP contribution in [-0.4, -0.2) is 57.8 Å². The average Bonchev–Trinajstić information content (AvgIpc) is 3.31. The smallest absolute Gasteiger partial charge is 0.227 e. The van der Waals surface area contributed by atoms with Gasteiger partial charge in [0.2, 0.25) is 11.8 Å². The van der Waals surface area contributed by atoms with Crippen LogP contribution in [0.1, 0.15) is 28.7 Å². The van der Waals surface area contributed by atoms with E-state index in [1.807, 2.05) is 34.3 Å². The highest BCUT2D eigenvalue weighted by Gasteiger charge is 2.23. The van der Waals surface area contributed by atoms with E-state index in [9.17, 15) is 9.59 Å². The van der Waals surface area contributed by atoms with Crippen molar-refractivity contribution in [3.8, 4) is 0 Å². The summed E-state index contributed by atoms with van der Waals surface area (Å²) in [5.41, 5.74) is 6.62. The number of aromatic amines is 2. The Morgan fingerprint density at radius 1 is 0.727 bits per heavy atom. The Kier molecular flexibility index (Phi) is 5.67. The molecule has 2 aromatic heterocycles. The van der Waals surface area contributed by atoms with E-state index >= 15 is 0 Å². The predicted octanol–water partition coefficient (Wildman–Crippen LogP) is 4.11. The van der Waals surface area contributed by atoms with Crippen LogP contribution in [0.5, 0.6) is 0 Å². The van der Waals surface area contributed by atoms with Crippen LogP contribution in [0.25, 0.3) is 21.8 Å². The van der Waals surface area contributed by atoms with Gasteiger partial charge in [-0.15, -0.1) is 0 Å². The molecule has 4 aromatic rings. The van der Waals surface area contributed by atoms with Crippen molar-refractivity contribution in [2.24, 2.45) is 0 Å². The molecule has 0 aliphatic carbocycles. The second-order valence-corrected chi connectivity index (χ2v) is 9.09. The molecule has 0 radical (unpaired) electrons. The van der Waals surface area contributed by atoms with Crippen molar-refractivity contribution in [1.82, 2.24) is 19.8 Å². The van der Waals surface area contributed by atoms with Gasteiger partial charge in [-0.3, -0.25) is 9.59 Å². The van der Waals surface area contributed by atoms with E-state index in [-0.39, 0.29) is 11.8 Å². The summed E-state index contributed by atoms with van der Waals surface area (Å²) in [7, 11) is 0. The molecule has 5 rings (SSSR count). The SMILES string of the molecule is Cc1cccc2c(CC(=O)N3CCCN(C(=O)Cc4c[nH]c5c(C)cccc45)CC3)c[nH]c12. The Labute approximate surface area is 193 Å². The molecule has 2 N–H and O–H groups in total. The molecule has 170 valence electrons. The number of rotatable bonds is 4. The van der Waals surface area contributed by atoms with E-state index in [1.54, 1.807) is 0 Å². The molecule has 0 atom stereocenters. The fourth-order valence-corrected chi connectivity index (χ4v) is 4.99. The number of carbonyl (C=O) groups is 2. The molecule has 1 aliphatic rings. The summed E-state index contributed by atoms with van der Waals surface area (Å²) in [6.07, 6.45) is 5.47. The molecule has 2 aromatic carbocycles. The van der Waals surface area contributed by atoms with Crippen LogP contribution in [-0.2, 0) is 22.4 Å². The van der Waals surface area contributed by atoms with Crippen LogP contribution in [0, 0.1) is 13.8 Å². The Morgan fingerprint density at radius 3 is 1.64 bits per heavy atom. The number of H-pyrrole nitrogens is 2. The molecule has 6 nitrogen and oxygen atoms in total. The standard InChI is InChI=1S/C27H30N4O2/c1-18-6-3-8-22-20(16-28-26(18)22)14-24(32)30-10-5-11-31(13-12-30)25(33)15-21-17-29-27-19(2)7-4-9-23(21)27/h3-4,6-9,16-17,28-29H,5,10-15H2,1-2H3. The summed E-state index contributed by atoms with van der Waals surface area (Å²) in [5.74, 6) is 0.248. The summed E-state index contributed by atoms with van der Waals surface area (Å²) in [6.45, 7) is 6.69. The molecule has 0 saturated carbocycles. The summed E-state index contributed by atoms with van der Waals surface area (Å²) >= 11 is 0. The highest BCUT2D eigenvalue weighted by atomic mass is 16.2. The molecule has 0 spiro atoms. The topological polar surface area (TPSA) is 72.2 Å². The third-order valence-electron chi connectivity index (χ3n) is 6.90. The van der Waals surface area contributed by atoms with Gasteiger partial charge < -0.3 is 19.8 Å². The number of fused-ring (bicyclic) bond motifs is 2. The number of nitrogens with zero attached hydrogens (tertiary/aromatic N) is 2. The maximum absolute atomic E-state index is 13.1. The van der Waals surface area contributed by atoms with Crippen LogP contribution < -0.4 is 0 Å². The number of nitrogens with one attached hydrogen (secondary N) is 2. The minimum absolute atomic E-state index is 0.124. The van der Waals surface area contributed by atoms with Crippen molar-refractivity contribution in [1.29, 1.82) is 0 Å². The lowest BCUT2D eigenvalue weighted by molar-refractivity contribution is -0.132. The zero-order valence-corrected chi connectivity index (χ0v) is 19.3. The highest BCUT2D eigenvalue weighted by Crippen LogP contribution is 2.23. The zero-order chi connectivity index (χ0) is 22.9. The summed E-state index contributed by atoms with van der Waals surface area (Å²) in [4.78, 5) is 36.6. The normalized spacial score (nSPS) is 14.7. The molecule has 1 aliphatic heterocycles. The van der Waals surface area contributed by atoms with Gasteiger partial charge in [0.25, 0.3) is 0 Å². The number of hydrogen-bond donors (Lipinski definition) is 2. The lowest BCUT2D eigenvalue weighted by Crippen LogP contribution is -2.38. The van der Waals surface area contributed by atoms with E-state index < -0.39 is 0 Å². The maximum atomic E-state index is 13.1. The van der Waals surface area contributed by atoms with Gasteiger partial charge in [-0.25, -0.2) is 0 Å². The van der Waals surface area contributed by atoms with Crippen molar-refractivity contribution >= 4 is 33.6 Å². The third kappa shape index (κ3) is 4.13. The van der Waals surface area contributed by atoms with Crippen LogP contribution >= 0.6 is 0 Å². The minimum atomic E-state index is 0.124. The Hall–Kier alpha value is -3.54. The monoisotopic (exact) mass is 442 g/mol. The molecule has 0 unspecified atom stereocenters. The van der Waals surface area contributed by atoms with E-state index in [1.165, 1.54) is 11.1 Å². The second kappa shape index (κ2) is 8.77. The lowest BCUT2D eigenvalue weighted by Gasteiger charge is -2.22. The first-order chi connectivity index (χ1) is 16.0. The molecule has 6 heteroatoms. The first-order valence-corrected chi connectivity index (χ1v) is 11.7. The average molecular weight is 443 g/mol. The van der Waals surface area contributed by atoms with Crippen molar-refractivity contribution in [2.45, 2.75) is 33.1 Å². The number of aromatic nitrogens is 2. The van der Waals surface area contributed by atoms with Crippen LogP contribution in [0.4, 0.5) is 0 Å². The fourth-order valence-electron chi connectivity index (χ4n) is 4.99. The molecular weight excluding hydrogens is 412 g/mol. The Morgan fingerprint density at radius 2 is 1.18 bits per heavy atom. The van der Waals surface area contributed by atoms with E-state index in [2.05, 4.69) is 48.1 Å². The third-order valence-corrected chi connectivity index (χ3v) is 6.90. The number of amides is 2. The zero-order valence-electron chi connectivity index (χ0n) is 19.3. The predicted molar refractivity (Wildman–Crippen MR) is 131 cm³/mol. The molecule has 3 heterocycles. The van der Waals surface area contributed by atoms with Gasteiger partial charge in [0.15, 0.2) is 0 Å². The number of hydrogen-bond acceptors (Lipinski definition) is 2. The Bertz CT molecular complexity index is 1230. The fraction of sp³-hybridized carbons (Fsp3) is 0.333. The largest absolute Gasteiger partial charge is 0.361 e. The molecule has 2 amide bonds. The summed E-state index contributed by atoms with van der Waals surface area (Å²) in [5, 5.41) is 2.23. The maximum Gasteiger partial charge on any atom is 0.227 e. The summed E-state index contributed by atoms with van der Waals surface area (Å²) < 4.78 is 0. The number of para-hydroxylation sites is 2.